The molecule has 2 heterocycles. The van der Waals surface area contributed by atoms with Crippen LogP contribution in [0.3, 0.4) is 0 Å². The summed E-state index contributed by atoms with van der Waals surface area (Å²) in [5, 5.41) is 11.5. The molecule has 0 radical (unpaired) electrons. The van der Waals surface area contributed by atoms with Gasteiger partial charge in [-0.25, -0.2) is 18.2 Å². The van der Waals surface area contributed by atoms with Crippen LogP contribution in [-0.4, -0.2) is 34.8 Å². The molecule has 0 spiro atoms. The zero-order valence-electron chi connectivity index (χ0n) is 15.7. The smallest absolute Gasteiger partial charge is 0.335 e. The Labute approximate surface area is 172 Å². The fourth-order valence-electron chi connectivity index (χ4n) is 3.70. The van der Waals surface area contributed by atoms with Gasteiger partial charge in [-0.2, -0.15) is 0 Å². The molecule has 1 unspecified atom stereocenters. The lowest BCUT2D eigenvalue weighted by atomic mass is 10.2. The van der Waals surface area contributed by atoms with E-state index in [0.717, 1.165) is 11.3 Å². The van der Waals surface area contributed by atoms with Crippen molar-refractivity contribution < 1.29 is 18.3 Å². The summed E-state index contributed by atoms with van der Waals surface area (Å²) in [6.45, 7) is 0. The number of sulfone groups is 1. The van der Waals surface area contributed by atoms with Crippen LogP contribution in [0.25, 0.3) is 22.4 Å². The van der Waals surface area contributed by atoms with Gasteiger partial charge in [-0.15, -0.1) is 0 Å². The Kier molecular flexibility index (Phi) is 4.11. The van der Waals surface area contributed by atoms with Crippen LogP contribution >= 0.6 is 0 Å². The fraction of sp³-hybridized carbons (Fsp3) is 0.0909. The number of nitrogens with zero attached hydrogens (tertiary/aromatic N) is 1. The first-order valence-electron chi connectivity index (χ1n) is 9.34. The highest BCUT2D eigenvalue weighted by molar-refractivity contribution is 7.92. The molecule has 30 heavy (non-hydrogen) atoms. The standard InChI is InChI=1S/C22H17N3O4S/c26-22(27)15-7-10-18-19(11-15)25-21(24-18)13-5-8-16(9-6-13)30(28,29)20-12-14-3-1-2-4-17(14)23-20/h1-11,20,23H,12H2,(H,24,25)(H,26,27). The number of H-pyrrole nitrogens is 1. The van der Waals surface area contributed by atoms with Crippen LogP contribution in [0.4, 0.5) is 5.69 Å². The molecule has 0 saturated heterocycles. The summed E-state index contributed by atoms with van der Waals surface area (Å²) in [5.41, 5.74) is 3.97. The maximum atomic E-state index is 13.1. The summed E-state index contributed by atoms with van der Waals surface area (Å²) in [5.74, 6) is -0.465. The lowest BCUT2D eigenvalue weighted by Gasteiger charge is -2.13. The number of para-hydroxylation sites is 1. The molecule has 1 atom stereocenters. The van der Waals surface area contributed by atoms with Crippen LogP contribution in [0.1, 0.15) is 15.9 Å². The van der Waals surface area contributed by atoms with E-state index in [1.165, 1.54) is 12.1 Å². The summed E-state index contributed by atoms with van der Waals surface area (Å²) in [6.07, 6.45) is 0.426. The summed E-state index contributed by atoms with van der Waals surface area (Å²) >= 11 is 0. The number of hydrogen-bond donors (Lipinski definition) is 3. The highest BCUT2D eigenvalue weighted by Gasteiger charge is 2.32. The van der Waals surface area contributed by atoms with Gasteiger partial charge in [0, 0.05) is 17.7 Å². The molecular weight excluding hydrogens is 402 g/mol. The summed E-state index contributed by atoms with van der Waals surface area (Å²) in [7, 11) is -3.55. The molecule has 4 aromatic rings. The lowest BCUT2D eigenvalue weighted by molar-refractivity contribution is 0.0697. The molecule has 150 valence electrons. The van der Waals surface area contributed by atoms with Gasteiger partial charge in [0.2, 0.25) is 0 Å². The van der Waals surface area contributed by atoms with Crippen molar-refractivity contribution in [2.24, 2.45) is 0 Å². The van der Waals surface area contributed by atoms with Crippen molar-refractivity contribution in [3.05, 3.63) is 77.9 Å². The largest absolute Gasteiger partial charge is 0.478 e. The number of hydrogen-bond acceptors (Lipinski definition) is 5. The first kappa shape index (κ1) is 18.4. The Balaban J connectivity index is 1.43. The van der Waals surface area contributed by atoms with Gasteiger partial charge < -0.3 is 15.4 Å². The van der Waals surface area contributed by atoms with Crippen LogP contribution in [0.2, 0.25) is 0 Å². The Morgan fingerprint density at radius 2 is 1.80 bits per heavy atom. The number of aromatic nitrogens is 2. The van der Waals surface area contributed by atoms with Crippen molar-refractivity contribution in [1.82, 2.24) is 9.97 Å². The normalized spacial score (nSPS) is 15.7. The van der Waals surface area contributed by atoms with Gasteiger partial charge in [0.25, 0.3) is 0 Å². The number of fused-ring (bicyclic) bond motifs is 2. The fourth-order valence-corrected chi connectivity index (χ4v) is 5.22. The van der Waals surface area contributed by atoms with Gasteiger partial charge in [0.1, 0.15) is 11.2 Å². The maximum Gasteiger partial charge on any atom is 0.335 e. The average Bonchev–Trinajstić information content (AvgIpc) is 3.37. The minimum Gasteiger partial charge on any atom is -0.478 e. The molecule has 0 fully saturated rings. The Morgan fingerprint density at radius 1 is 1.03 bits per heavy atom. The van der Waals surface area contributed by atoms with Gasteiger partial charge in [-0.1, -0.05) is 18.2 Å². The number of anilines is 1. The molecule has 1 aliphatic rings. The minimum atomic E-state index is -3.55. The number of benzene rings is 3. The van der Waals surface area contributed by atoms with Crippen molar-refractivity contribution in [3.8, 4) is 11.4 Å². The third kappa shape index (κ3) is 3.02. The van der Waals surface area contributed by atoms with Gasteiger partial charge in [0.05, 0.1) is 21.5 Å². The number of nitrogens with one attached hydrogen (secondary N) is 2. The minimum absolute atomic E-state index is 0.171. The van der Waals surface area contributed by atoms with Crippen LogP contribution < -0.4 is 5.32 Å². The second-order valence-corrected chi connectivity index (χ2v) is 9.32. The highest BCUT2D eigenvalue weighted by atomic mass is 32.2. The molecule has 8 heteroatoms. The number of imidazole rings is 1. The number of carboxylic acids is 1. The molecular formula is C22H17N3O4S. The van der Waals surface area contributed by atoms with Crippen molar-refractivity contribution in [2.45, 2.75) is 16.7 Å². The first-order chi connectivity index (χ1) is 14.4. The molecule has 1 aliphatic heterocycles. The van der Waals surface area contributed by atoms with Gasteiger partial charge in [0.15, 0.2) is 9.84 Å². The van der Waals surface area contributed by atoms with Crippen LogP contribution in [-0.2, 0) is 16.3 Å². The van der Waals surface area contributed by atoms with E-state index in [0.29, 0.717) is 28.8 Å². The Hall–Kier alpha value is -3.65. The number of rotatable bonds is 4. The first-order valence-corrected chi connectivity index (χ1v) is 10.9. The number of aromatic amines is 1. The zero-order valence-corrected chi connectivity index (χ0v) is 16.5. The van der Waals surface area contributed by atoms with E-state index >= 15 is 0 Å². The predicted molar refractivity (Wildman–Crippen MR) is 113 cm³/mol. The van der Waals surface area contributed by atoms with Crippen molar-refractivity contribution in [2.75, 3.05) is 5.32 Å². The number of carbonyl (C=O) groups is 1. The van der Waals surface area contributed by atoms with Crippen LogP contribution in [0.15, 0.2) is 71.6 Å². The highest BCUT2D eigenvalue weighted by Crippen LogP contribution is 2.31. The summed E-state index contributed by atoms with van der Waals surface area (Å²) in [6, 6.07) is 18.8. The van der Waals surface area contributed by atoms with Crippen molar-refractivity contribution in [1.29, 1.82) is 0 Å². The average molecular weight is 419 g/mol. The second-order valence-electron chi connectivity index (χ2n) is 7.19. The number of aromatic carboxylic acids is 1. The monoisotopic (exact) mass is 419 g/mol. The Bertz CT molecular complexity index is 1370. The van der Waals surface area contributed by atoms with Gasteiger partial charge in [-0.3, -0.25) is 0 Å². The van der Waals surface area contributed by atoms with E-state index in [9.17, 15) is 13.2 Å². The molecule has 0 amide bonds. The lowest BCUT2D eigenvalue weighted by Crippen LogP contribution is -2.27. The predicted octanol–water partition coefficient (Wildman–Crippen LogP) is 3.70. The number of carboxylic acid groups (broad SMARTS) is 1. The topological polar surface area (TPSA) is 112 Å². The van der Waals surface area contributed by atoms with E-state index in [-0.39, 0.29) is 10.5 Å². The molecule has 0 aliphatic carbocycles. The van der Waals surface area contributed by atoms with Crippen molar-refractivity contribution in [3.63, 3.8) is 0 Å². The Morgan fingerprint density at radius 3 is 2.53 bits per heavy atom. The molecule has 3 aromatic carbocycles. The van der Waals surface area contributed by atoms with E-state index < -0.39 is 21.2 Å². The third-order valence-corrected chi connectivity index (χ3v) is 7.26. The SMILES string of the molecule is O=C(O)c1ccc2nc(-c3ccc(S(=O)(=O)C4Cc5ccccc5N4)cc3)[nH]c2c1. The summed E-state index contributed by atoms with van der Waals surface area (Å²) in [4.78, 5) is 18.9. The third-order valence-electron chi connectivity index (χ3n) is 5.30. The molecule has 0 saturated carbocycles. The summed E-state index contributed by atoms with van der Waals surface area (Å²) < 4.78 is 26.1. The van der Waals surface area contributed by atoms with E-state index in [1.54, 1.807) is 30.3 Å². The quantitative estimate of drug-likeness (QED) is 0.465. The van der Waals surface area contributed by atoms with E-state index in [2.05, 4.69) is 15.3 Å². The van der Waals surface area contributed by atoms with Gasteiger partial charge in [-0.05, 0) is 54.1 Å². The van der Waals surface area contributed by atoms with Crippen molar-refractivity contribution >= 4 is 32.5 Å². The molecule has 1 aromatic heterocycles. The molecule has 3 N–H and O–H groups in total. The molecule has 0 bridgehead atoms. The van der Waals surface area contributed by atoms with Gasteiger partial charge >= 0.3 is 5.97 Å². The van der Waals surface area contributed by atoms with Crippen LogP contribution in [0, 0.1) is 0 Å². The second kappa shape index (κ2) is 6.70. The molecule has 5 rings (SSSR count). The maximum absolute atomic E-state index is 13.1. The van der Waals surface area contributed by atoms with E-state index in [4.69, 9.17) is 5.11 Å². The molecule has 7 nitrogen and oxygen atoms in total. The van der Waals surface area contributed by atoms with E-state index in [1.807, 2.05) is 24.3 Å². The van der Waals surface area contributed by atoms with Crippen LogP contribution in [0.5, 0.6) is 0 Å². The zero-order chi connectivity index (χ0) is 20.9.